The van der Waals surface area contributed by atoms with E-state index in [4.69, 9.17) is 27.9 Å². The SMILES string of the molecule is O=C(NN=Cc1cccc(Cl)c1)c1ccc(OCc2ccc(Cl)cc2)cc1. The Morgan fingerprint density at radius 2 is 1.70 bits per heavy atom. The second kappa shape index (κ2) is 9.21. The van der Waals surface area contributed by atoms with Crippen molar-refractivity contribution in [2.24, 2.45) is 5.10 Å². The minimum atomic E-state index is -0.308. The maximum Gasteiger partial charge on any atom is 0.271 e. The lowest BCUT2D eigenvalue weighted by atomic mass is 10.2. The highest BCUT2D eigenvalue weighted by molar-refractivity contribution is 6.31. The van der Waals surface area contributed by atoms with Crippen LogP contribution in [0.25, 0.3) is 0 Å². The summed E-state index contributed by atoms with van der Waals surface area (Å²) in [5, 5.41) is 5.24. The molecule has 0 spiro atoms. The molecule has 0 saturated heterocycles. The van der Waals surface area contributed by atoms with Crippen LogP contribution >= 0.6 is 23.2 Å². The van der Waals surface area contributed by atoms with Crippen LogP contribution in [0.1, 0.15) is 21.5 Å². The molecule has 136 valence electrons. The summed E-state index contributed by atoms with van der Waals surface area (Å²) in [6.07, 6.45) is 1.54. The third-order valence-electron chi connectivity index (χ3n) is 3.66. The summed E-state index contributed by atoms with van der Waals surface area (Å²) in [7, 11) is 0. The van der Waals surface area contributed by atoms with Crippen molar-refractivity contribution >= 4 is 35.3 Å². The van der Waals surface area contributed by atoms with E-state index in [0.29, 0.717) is 28.0 Å². The van der Waals surface area contributed by atoms with Crippen LogP contribution in [0.15, 0.2) is 77.9 Å². The number of carbonyl (C=O) groups excluding carboxylic acids is 1. The molecule has 1 N–H and O–H groups in total. The van der Waals surface area contributed by atoms with Crippen LogP contribution in [-0.4, -0.2) is 12.1 Å². The topological polar surface area (TPSA) is 50.7 Å². The highest BCUT2D eigenvalue weighted by atomic mass is 35.5. The van der Waals surface area contributed by atoms with Gasteiger partial charge in [-0.3, -0.25) is 4.79 Å². The maximum absolute atomic E-state index is 12.1. The van der Waals surface area contributed by atoms with E-state index in [1.165, 1.54) is 6.21 Å². The number of ether oxygens (including phenoxy) is 1. The summed E-state index contributed by atoms with van der Waals surface area (Å²) in [6, 6.07) is 21.5. The molecular weight excluding hydrogens is 383 g/mol. The van der Waals surface area contributed by atoms with Gasteiger partial charge in [0.1, 0.15) is 12.4 Å². The maximum atomic E-state index is 12.1. The van der Waals surface area contributed by atoms with Gasteiger partial charge in [0.25, 0.3) is 5.91 Å². The highest BCUT2D eigenvalue weighted by Gasteiger charge is 2.04. The van der Waals surface area contributed by atoms with E-state index >= 15 is 0 Å². The van der Waals surface area contributed by atoms with Gasteiger partial charge in [0.2, 0.25) is 0 Å². The van der Waals surface area contributed by atoms with Gasteiger partial charge >= 0.3 is 0 Å². The van der Waals surface area contributed by atoms with Crippen molar-refractivity contribution in [2.75, 3.05) is 0 Å². The van der Waals surface area contributed by atoms with Gasteiger partial charge in [-0.2, -0.15) is 5.10 Å². The smallest absolute Gasteiger partial charge is 0.271 e. The Kier molecular flexibility index (Phi) is 6.47. The van der Waals surface area contributed by atoms with Crippen molar-refractivity contribution in [3.63, 3.8) is 0 Å². The molecule has 27 heavy (non-hydrogen) atoms. The molecular formula is C21H16Cl2N2O2. The van der Waals surface area contributed by atoms with Crippen molar-refractivity contribution in [1.29, 1.82) is 0 Å². The van der Waals surface area contributed by atoms with Crippen molar-refractivity contribution in [3.8, 4) is 5.75 Å². The first kappa shape index (κ1) is 19.0. The number of rotatable bonds is 6. The first-order valence-electron chi connectivity index (χ1n) is 8.16. The number of hydrogen-bond acceptors (Lipinski definition) is 3. The Labute approximate surface area is 167 Å². The Hall–Kier alpha value is -2.82. The van der Waals surface area contributed by atoms with E-state index in [0.717, 1.165) is 11.1 Å². The van der Waals surface area contributed by atoms with Gasteiger partial charge in [0.05, 0.1) is 6.21 Å². The molecule has 1 amide bonds. The third kappa shape index (κ3) is 5.84. The molecule has 0 aliphatic carbocycles. The van der Waals surface area contributed by atoms with Crippen LogP contribution in [-0.2, 0) is 6.61 Å². The minimum absolute atomic E-state index is 0.308. The van der Waals surface area contributed by atoms with Gasteiger partial charge in [0.15, 0.2) is 0 Å². The molecule has 4 nitrogen and oxygen atoms in total. The first-order valence-corrected chi connectivity index (χ1v) is 8.92. The zero-order valence-corrected chi connectivity index (χ0v) is 15.7. The van der Waals surface area contributed by atoms with Crippen molar-refractivity contribution < 1.29 is 9.53 Å². The Balaban J connectivity index is 1.53. The molecule has 0 aliphatic heterocycles. The normalized spacial score (nSPS) is 10.7. The molecule has 0 unspecified atom stereocenters. The second-order valence-electron chi connectivity index (χ2n) is 5.69. The van der Waals surface area contributed by atoms with Crippen LogP contribution in [0.5, 0.6) is 5.75 Å². The molecule has 0 saturated carbocycles. The zero-order chi connectivity index (χ0) is 19.1. The first-order chi connectivity index (χ1) is 13.1. The number of hydrazone groups is 1. The van der Waals surface area contributed by atoms with Gasteiger partial charge in [-0.05, 0) is 59.7 Å². The van der Waals surface area contributed by atoms with Crippen LogP contribution in [0, 0.1) is 0 Å². The largest absolute Gasteiger partial charge is 0.489 e. The van der Waals surface area contributed by atoms with E-state index in [9.17, 15) is 4.79 Å². The Bertz CT molecular complexity index is 939. The van der Waals surface area contributed by atoms with Crippen LogP contribution in [0.2, 0.25) is 10.0 Å². The highest BCUT2D eigenvalue weighted by Crippen LogP contribution is 2.16. The molecule has 0 aromatic heterocycles. The van der Waals surface area contributed by atoms with E-state index in [-0.39, 0.29) is 5.91 Å². The molecule has 0 aliphatic rings. The number of carbonyl (C=O) groups is 1. The molecule has 6 heteroatoms. The minimum Gasteiger partial charge on any atom is -0.489 e. The zero-order valence-electron chi connectivity index (χ0n) is 14.2. The predicted octanol–water partition coefficient (Wildman–Crippen LogP) is 5.34. The third-order valence-corrected chi connectivity index (χ3v) is 4.15. The van der Waals surface area contributed by atoms with Crippen LogP contribution < -0.4 is 10.2 Å². The van der Waals surface area contributed by atoms with Gasteiger partial charge in [-0.15, -0.1) is 0 Å². The van der Waals surface area contributed by atoms with Crippen LogP contribution in [0.4, 0.5) is 0 Å². The van der Waals surface area contributed by atoms with Crippen molar-refractivity contribution in [1.82, 2.24) is 5.43 Å². The van der Waals surface area contributed by atoms with Crippen molar-refractivity contribution in [3.05, 3.63) is 99.5 Å². The van der Waals surface area contributed by atoms with Crippen LogP contribution in [0.3, 0.4) is 0 Å². The fourth-order valence-electron chi connectivity index (χ4n) is 2.27. The standard InChI is InChI=1S/C21H16Cl2N2O2/c22-18-8-4-15(5-9-18)14-27-20-10-6-17(7-11-20)21(26)25-24-13-16-2-1-3-19(23)12-16/h1-13H,14H2,(H,25,26). The van der Waals surface area contributed by atoms with E-state index in [1.54, 1.807) is 36.4 Å². The number of amides is 1. The molecule has 0 radical (unpaired) electrons. The van der Waals surface area contributed by atoms with E-state index < -0.39 is 0 Å². The fraction of sp³-hybridized carbons (Fsp3) is 0.0476. The second-order valence-corrected chi connectivity index (χ2v) is 6.57. The molecule has 0 fully saturated rings. The number of benzene rings is 3. The van der Waals surface area contributed by atoms with Gasteiger partial charge in [-0.25, -0.2) is 5.43 Å². The number of halogens is 2. The summed E-state index contributed by atoms with van der Waals surface area (Å²) in [6.45, 7) is 0.423. The molecule has 3 aromatic rings. The molecule has 3 rings (SSSR count). The lowest BCUT2D eigenvalue weighted by Crippen LogP contribution is -2.17. The fourth-order valence-corrected chi connectivity index (χ4v) is 2.59. The summed E-state index contributed by atoms with van der Waals surface area (Å²) in [4.78, 5) is 12.1. The lowest BCUT2D eigenvalue weighted by Gasteiger charge is -2.07. The summed E-state index contributed by atoms with van der Waals surface area (Å²) < 4.78 is 5.70. The van der Waals surface area contributed by atoms with Gasteiger partial charge in [0, 0.05) is 15.6 Å². The van der Waals surface area contributed by atoms with E-state index in [1.807, 2.05) is 36.4 Å². The van der Waals surface area contributed by atoms with Gasteiger partial charge in [-0.1, -0.05) is 47.5 Å². The predicted molar refractivity (Wildman–Crippen MR) is 109 cm³/mol. The Morgan fingerprint density at radius 1 is 0.963 bits per heavy atom. The number of hydrogen-bond donors (Lipinski definition) is 1. The number of nitrogens with zero attached hydrogens (tertiary/aromatic N) is 1. The van der Waals surface area contributed by atoms with Crippen molar-refractivity contribution in [2.45, 2.75) is 6.61 Å². The molecule has 3 aromatic carbocycles. The van der Waals surface area contributed by atoms with E-state index in [2.05, 4.69) is 10.5 Å². The summed E-state index contributed by atoms with van der Waals surface area (Å²) in [5.74, 6) is 0.362. The average Bonchev–Trinajstić information content (AvgIpc) is 2.68. The monoisotopic (exact) mass is 398 g/mol. The summed E-state index contributed by atoms with van der Waals surface area (Å²) >= 11 is 11.8. The molecule has 0 bridgehead atoms. The lowest BCUT2D eigenvalue weighted by molar-refractivity contribution is 0.0955. The summed E-state index contributed by atoms with van der Waals surface area (Å²) in [5.41, 5.74) is 4.78. The molecule has 0 heterocycles. The molecule has 0 atom stereocenters. The Morgan fingerprint density at radius 3 is 2.41 bits per heavy atom. The quantitative estimate of drug-likeness (QED) is 0.450. The average molecular weight is 399 g/mol. The number of nitrogens with one attached hydrogen (secondary N) is 1. The van der Waals surface area contributed by atoms with Gasteiger partial charge < -0.3 is 4.74 Å².